The summed E-state index contributed by atoms with van der Waals surface area (Å²) in [6, 6.07) is 16.4. The second-order valence-electron chi connectivity index (χ2n) is 6.24. The summed E-state index contributed by atoms with van der Waals surface area (Å²) in [6.45, 7) is 3.29. The first-order valence-electron chi connectivity index (χ1n) is 8.75. The summed E-state index contributed by atoms with van der Waals surface area (Å²) in [6.07, 6.45) is 3.47. The van der Waals surface area contributed by atoms with Gasteiger partial charge in [0.05, 0.1) is 17.8 Å². The molecule has 0 amide bonds. The Hall–Kier alpha value is -3.61. The molecule has 7 nitrogen and oxygen atoms in total. The largest absolute Gasteiger partial charge is 0.344 e. The van der Waals surface area contributed by atoms with Gasteiger partial charge in [-0.15, -0.1) is 0 Å². The fourth-order valence-electron chi connectivity index (χ4n) is 2.85. The molecule has 0 radical (unpaired) electrons. The quantitative estimate of drug-likeness (QED) is 0.462. The van der Waals surface area contributed by atoms with Gasteiger partial charge in [0.2, 0.25) is 0 Å². The molecule has 0 aliphatic heterocycles. The minimum atomic E-state index is -3.58. The van der Waals surface area contributed by atoms with E-state index in [4.69, 9.17) is 10.2 Å². The fraction of sp³-hybridized carbons (Fsp3) is 0. The van der Waals surface area contributed by atoms with Crippen molar-refractivity contribution in [3.05, 3.63) is 78.5 Å². The van der Waals surface area contributed by atoms with E-state index in [9.17, 15) is 8.42 Å². The van der Waals surface area contributed by atoms with E-state index >= 15 is 0 Å². The number of nitrogens with one attached hydrogen (secondary N) is 2. The normalized spacial score (nSPS) is 11.2. The lowest BCUT2D eigenvalue weighted by Crippen LogP contribution is -2.08. The zero-order valence-electron chi connectivity index (χ0n) is 15.5. The summed E-state index contributed by atoms with van der Waals surface area (Å²) < 4.78 is 25.8. The molecule has 0 saturated heterocycles. The van der Waals surface area contributed by atoms with Gasteiger partial charge >= 0.3 is 0 Å². The Bertz CT molecular complexity index is 1400. The predicted molar refractivity (Wildman–Crippen MR) is 117 cm³/mol. The van der Waals surface area contributed by atoms with Gasteiger partial charge in [-0.1, -0.05) is 36.5 Å². The second kappa shape index (κ2) is 8.02. The first-order valence-corrected chi connectivity index (χ1v) is 11.1. The molecular formula is C21H15N5O2S2. The van der Waals surface area contributed by atoms with Gasteiger partial charge in [-0.3, -0.25) is 4.72 Å². The molecule has 2 aromatic carbocycles. The molecule has 0 aliphatic rings. The van der Waals surface area contributed by atoms with Crippen LogP contribution in [0.5, 0.6) is 0 Å². The molecule has 0 atom stereocenters. The molecule has 9 heteroatoms. The number of benzene rings is 2. The molecular weight excluding hydrogens is 418 g/mol. The number of fused-ring (bicyclic) bond motifs is 1. The molecule has 2 heterocycles. The average Bonchev–Trinajstić information content (AvgIpc) is 3.17. The Morgan fingerprint density at radius 2 is 2.03 bits per heavy atom. The molecule has 0 aliphatic carbocycles. The number of hydrogen-bond donors (Lipinski definition) is 2. The van der Waals surface area contributed by atoms with E-state index in [0.717, 1.165) is 21.4 Å². The maximum Gasteiger partial charge on any atom is 0.254 e. The van der Waals surface area contributed by atoms with E-state index in [1.54, 1.807) is 36.5 Å². The van der Waals surface area contributed by atoms with E-state index < -0.39 is 10.0 Å². The van der Waals surface area contributed by atoms with E-state index in [2.05, 4.69) is 27.3 Å². The van der Waals surface area contributed by atoms with E-state index in [0.29, 0.717) is 27.4 Å². The lowest BCUT2D eigenvalue weighted by molar-refractivity contribution is 0.609. The smallest absolute Gasteiger partial charge is 0.254 e. The van der Waals surface area contributed by atoms with E-state index in [1.165, 1.54) is 11.8 Å². The van der Waals surface area contributed by atoms with Crippen molar-refractivity contribution in [1.82, 2.24) is 15.0 Å². The van der Waals surface area contributed by atoms with Gasteiger partial charge in [-0.2, -0.15) is 5.26 Å². The summed E-state index contributed by atoms with van der Waals surface area (Å²) >= 11 is 1.36. The van der Waals surface area contributed by atoms with Crippen molar-refractivity contribution in [2.45, 2.75) is 9.92 Å². The molecule has 2 N–H and O–H groups in total. The lowest BCUT2D eigenvalue weighted by atomic mass is 10.1. The Kier molecular flexibility index (Phi) is 5.27. The highest BCUT2D eigenvalue weighted by atomic mass is 32.2. The molecule has 0 unspecified atom stereocenters. The number of H-pyrrole nitrogens is 1. The van der Waals surface area contributed by atoms with Crippen LogP contribution in [0.2, 0.25) is 0 Å². The maximum absolute atomic E-state index is 11.7. The molecule has 30 heavy (non-hydrogen) atoms. The third-order valence-corrected chi connectivity index (χ3v) is 6.05. The third-order valence-electron chi connectivity index (χ3n) is 4.20. The van der Waals surface area contributed by atoms with Gasteiger partial charge in [0.1, 0.15) is 10.5 Å². The fourth-order valence-corrected chi connectivity index (χ4v) is 4.21. The first kappa shape index (κ1) is 19.7. The van der Waals surface area contributed by atoms with Crippen LogP contribution in [0.3, 0.4) is 0 Å². The van der Waals surface area contributed by atoms with Crippen LogP contribution in [0.25, 0.3) is 22.3 Å². The number of aromatic nitrogens is 3. The van der Waals surface area contributed by atoms with Gasteiger partial charge in [0.25, 0.3) is 10.0 Å². The maximum atomic E-state index is 11.7. The Morgan fingerprint density at radius 3 is 2.83 bits per heavy atom. The molecule has 0 spiro atoms. The van der Waals surface area contributed by atoms with Crippen LogP contribution in [-0.4, -0.2) is 23.4 Å². The Labute approximate surface area is 177 Å². The van der Waals surface area contributed by atoms with Crippen LogP contribution in [0, 0.1) is 11.3 Å². The minimum absolute atomic E-state index is 0.435. The summed E-state index contributed by atoms with van der Waals surface area (Å²) in [7, 11) is -3.58. The van der Waals surface area contributed by atoms with Crippen LogP contribution in [-0.2, 0) is 10.0 Å². The number of nitriles is 1. The monoisotopic (exact) mass is 433 g/mol. The van der Waals surface area contributed by atoms with Gasteiger partial charge in [0, 0.05) is 27.8 Å². The number of nitrogens with zero attached hydrogens (tertiary/aromatic N) is 3. The topological polar surface area (TPSA) is 112 Å². The van der Waals surface area contributed by atoms with Crippen molar-refractivity contribution < 1.29 is 8.42 Å². The molecule has 0 fully saturated rings. The summed E-state index contributed by atoms with van der Waals surface area (Å²) in [5.74, 6) is 0. The zero-order chi connectivity index (χ0) is 21.1. The van der Waals surface area contributed by atoms with Crippen molar-refractivity contribution in [3.63, 3.8) is 0 Å². The van der Waals surface area contributed by atoms with Gasteiger partial charge in [-0.25, -0.2) is 18.4 Å². The summed E-state index contributed by atoms with van der Waals surface area (Å²) in [5, 5.41) is 10.7. The standard InChI is InChI=1S/C21H15N5O2S2/c1-2-30(27,28)26-16-7-4-8-17(10-16)29-19-13-24-21-20(25-19)18(12-23-21)15-6-3-5-14(9-15)11-22/h2-10,12-13,26H,1H2,(H,23,24). The van der Waals surface area contributed by atoms with Gasteiger partial charge < -0.3 is 4.98 Å². The molecule has 148 valence electrons. The van der Waals surface area contributed by atoms with Crippen LogP contribution in [0.1, 0.15) is 5.56 Å². The first-order chi connectivity index (χ1) is 14.5. The van der Waals surface area contributed by atoms with Crippen LogP contribution in [0.4, 0.5) is 5.69 Å². The van der Waals surface area contributed by atoms with Crippen LogP contribution in [0.15, 0.2) is 82.8 Å². The van der Waals surface area contributed by atoms with Crippen molar-refractivity contribution in [2.75, 3.05) is 4.72 Å². The number of rotatable bonds is 6. The number of anilines is 1. The van der Waals surface area contributed by atoms with E-state index in [1.807, 2.05) is 24.4 Å². The molecule has 2 aromatic heterocycles. The lowest BCUT2D eigenvalue weighted by Gasteiger charge is -2.07. The van der Waals surface area contributed by atoms with Gasteiger partial charge in [-0.05, 0) is 35.9 Å². The minimum Gasteiger partial charge on any atom is -0.344 e. The predicted octanol–water partition coefficient (Wildman–Crippen LogP) is 4.53. The SMILES string of the molecule is C=CS(=O)(=O)Nc1cccc(Sc2cnc3[nH]cc(-c4cccc(C#N)c4)c3n2)c1. The molecule has 0 saturated carbocycles. The molecule has 0 bridgehead atoms. The number of hydrogen-bond acceptors (Lipinski definition) is 6. The Morgan fingerprint density at radius 1 is 1.20 bits per heavy atom. The highest BCUT2D eigenvalue weighted by Crippen LogP contribution is 2.32. The Balaban J connectivity index is 1.66. The van der Waals surface area contributed by atoms with Crippen molar-refractivity contribution in [2.24, 2.45) is 0 Å². The second-order valence-corrected chi connectivity index (χ2v) is 8.97. The van der Waals surface area contributed by atoms with E-state index in [-0.39, 0.29) is 0 Å². The molecule has 4 rings (SSSR count). The summed E-state index contributed by atoms with van der Waals surface area (Å²) in [4.78, 5) is 13.1. The molecule has 4 aromatic rings. The van der Waals surface area contributed by atoms with Crippen molar-refractivity contribution >= 4 is 38.6 Å². The number of sulfonamides is 1. The van der Waals surface area contributed by atoms with Gasteiger partial charge in [0.15, 0.2) is 5.65 Å². The highest BCUT2D eigenvalue weighted by Gasteiger charge is 2.12. The van der Waals surface area contributed by atoms with Crippen molar-refractivity contribution in [3.8, 4) is 17.2 Å². The van der Waals surface area contributed by atoms with Crippen LogP contribution >= 0.6 is 11.8 Å². The summed E-state index contributed by atoms with van der Waals surface area (Å²) in [5.41, 5.74) is 4.06. The highest BCUT2D eigenvalue weighted by molar-refractivity contribution is 7.99. The van der Waals surface area contributed by atoms with Crippen molar-refractivity contribution in [1.29, 1.82) is 5.26 Å². The zero-order valence-corrected chi connectivity index (χ0v) is 17.2. The third kappa shape index (κ3) is 4.20. The van der Waals surface area contributed by atoms with Crippen LogP contribution < -0.4 is 4.72 Å². The average molecular weight is 434 g/mol. The number of aromatic amines is 1.